The van der Waals surface area contributed by atoms with Crippen LogP contribution in [0.25, 0.3) is 6.08 Å². The molecule has 1 amide bonds. The third kappa shape index (κ3) is 3.78. The Bertz CT molecular complexity index is 611. The maximum atomic E-state index is 11.9. The van der Waals surface area contributed by atoms with E-state index in [4.69, 9.17) is 0 Å². The fourth-order valence-electron chi connectivity index (χ4n) is 1.75. The SMILES string of the molecule is Cc1cccc(C)c1NC(=O)/C=C/c1ccc(Br)s1. The molecular formula is C15H14BrNOS. The summed E-state index contributed by atoms with van der Waals surface area (Å²) in [5, 5.41) is 2.92. The number of rotatable bonds is 3. The summed E-state index contributed by atoms with van der Waals surface area (Å²) in [5.41, 5.74) is 3.03. The quantitative estimate of drug-likeness (QED) is 0.803. The van der Waals surface area contributed by atoms with Crippen molar-refractivity contribution in [1.29, 1.82) is 0 Å². The Morgan fingerprint density at radius 2 is 1.89 bits per heavy atom. The molecule has 0 saturated heterocycles. The average Bonchev–Trinajstić information content (AvgIpc) is 2.77. The topological polar surface area (TPSA) is 29.1 Å². The van der Waals surface area contributed by atoms with Crippen LogP contribution in [0, 0.1) is 13.8 Å². The van der Waals surface area contributed by atoms with E-state index in [0.29, 0.717) is 0 Å². The second-order valence-corrected chi connectivity index (χ2v) is 6.73. The van der Waals surface area contributed by atoms with Crippen molar-refractivity contribution in [1.82, 2.24) is 0 Å². The minimum absolute atomic E-state index is 0.109. The Morgan fingerprint density at radius 3 is 2.47 bits per heavy atom. The van der Waals surface area contributed by atoms with Gasteiger partial charge in [0.25, 0.3) is 0 Å². The van der Waals surface area contributed by atoms with Crippen LogP contribution in [0.5, 0.6) is 0 Å². The average molecular weight is 336 g/mol. The lowest BCUT2D eigenvalue weighted by molar-refractivity contribution is -0.111. The number of benzene rings is 1. The fraction of sp³-hybridized carbons (Fsp3) is 0.133. The van der Waals surface area contributed by atoms with Crippen molar-refractivity contribution in [3.05, 3.63) is 56.2 Å². The third-order valence-corrected chi connectivity index (χ3v) is 4.31. The minimum atomic E-state index is -0.109. The van der Waals surface area contributed by atoms with Crippen molar-refractivity contribution in [2.75, 3.05) is 5.32 Å². The van der Waals surface area contributed by atoms with Crippen molar-refractivity contribution in [2.45, 2.75) is 13.8 Å². The van der Waals surface area contributed by atoms with E-state index in [2.05, 4.69) is 21.2 Å². The first-order chi connectivity index (χ1) is 9.06. The summed E-state index contributed by atoms with van der Waals surface area (Å²) in [6, 6.07) is 9.90. The molecule has 4 heteroatoms. The first-order valence-electron chi connectivity index (χ1n) is 5.87. The molecule has 1 aromatic heterocycles. The molecule has 2 nitrogen and oxygen atoms in total. The highest BCUT2D eigenvalue weighted by molar-refractivity contribution is 9.11. The molecule has 0 spiro atoms. The van der Waals surface area contributed by atoms with Gasteiger partial charge in [0.2, 0.25) is 5.91 Å². The van der Waals surface area contributed by atoms with Gasteiger partial charge in [0.05, 0.1) is 3.79 Å². The van der Waals surface area contributed by atoms with Crippen LogP contribution >= 0.6 is 27.3 Å². The number of aryl methyl sites for hydroxylation is 2. The van der Waals surface area contributed by atoms with Gasteiger partial charge in [-0.3, -0.25) is 4.79 Å². The van der Waals surface area contributed by atoms with Crippen molar-refractivity contribution < 1.29 is 4.79 Å². The van der Waals surface area contributed by atoms with Crippen LogP contribution in [0.2, 0.25) is 0 Å². The molecule has 19 heavy (non-hydrogen) atoms. The Labute approximate surface area is 125 Å². The van der Waals surface area contributed by atoms with Crippen LogP contribution in [0.1, 0.15) is 16.0 Å². The molecule has 1 N–H and O–H groups in total. The number of nitrogens with one attached hydrogen (secondary N) is 1. The van der Waals surface area contributed by atoms with Crippen LogP contribution < -0.4 is 5.32 Å². The normalized spacial score (nSPS) is 10.9. The number of hydrogen-bond donors (Lipinski definition) is 1. The molecule has 0 bridgehead atoms. The highest BCUT2D eigenvalue weighted by Crippen LogP contribution is 2.23. The monoisotopic (exact) mass is 335 g/mol. The minimum Gasteiger partial charge on any atom is -0.322 e. The lowest BCUT2D eigenvalue weighted by Crippen LogP contribution is -2.10. The van der Waals surface area contributed by atoms with Crippen molar-refractivity contribution in [2.24, 2.45) is 0 Å². The second-order valence-electron chi connectivity index (χ2n) is 4.23. The first-order valence-corrected chi connectivity index (χ1v) is 7.48. The van der Waals surface area contributed by atoms with Crippen LogP contribution in [-0.2, 0) is 4.79 Å². The van der Waals surface area contributed by atoms with E-state index in [0.717, 1.165) is 25.5 Å². The summed E-state index contributed by atoms with van der Waals surface area (Å²) in [6.07, 6.45) is 3.38. The third-order valence-electron chi connectivity index (χ3n) is 2.72. The number of para-hydroxylation sites is 1. The molecule has 0 aliphatic heterocycles. The summed E-state index contributed by atoms with van der Waals surface area (Å²) < 4.78 is 1.06. The zero-order valence-electron chi connectivity index (χ0n) is 10.7. The number of thiophene rings is 1. The first kappa shape index (κ1) is 14.0. The van der Waals surface area contributed by atoms with Gasteiger partial charge >= 0.3 is 0 Å². The standard InChI is InChI=1S/C15H14BrNOS/c1-10-4-3-5-11(2)15(10)17-14(18)9-7-12-6-8-13(16)19-12/h3-9H,1-2H3,(H,17,18)/b9-7+. The molecule has 2 aromatic rings. The van der Waals surface area contributed by atoms with Gasteiger partial charge in [-0.15, -0.1) is 11.3 Å². The molecule has 1 aromatic carbocycles. The Morgan fingerprint density at radius 1 is 1.21 bits per heavy atom. The predicted octanol–water partition coefficient (Wildman–Crippen LogP) is 4.78. The molecule has 0 atom stereocenters. The largest absolute Gasteiger partial charge is 0.322 e. The number of hydrogen-bond acceptors (Lipinski definition) is 2. The van der Waals surface area contributed by atoms with Gasteiger partial charge in [-0.2, -0.15) is 0 Å². The molecule has 1 heterocycles. The number of amides is 1. The molecule has 0 unspecified atom stereocenters. The highest BCUT2D eigenvalue weighted by atomic mass is 79.9. The zero-order chi connectivity index (χ0) is 13.8. The van der Waals surface area contributed by atoms with E-state index in [1.54, 1.807) is 17.4 Å². The van der Waals surface area contributed by atoms with Gasteiger partial charge in [0.1, 0.15) is 0 Å². The van der Waals surface area contributed by atoms with E-state index in [9.17, 15) is 4.79 Å². The van der Waals surface area contributed by atoms with Gasteiger partial charge in [-0.05, 0) is 59.1 Å². The smallest absolute Gasteiger partial charge is 0.248 e. The lowest BCUT2D eigenvalue weighted by Gasteiger charge is -2.09. The summed E-state index contributed by atoms with van der Waals surface area (Å²) >= 11 is 4.99. The maximum Gasteiger partial charge on any atom is 0.248 e. The van der Waals surface area contributed by atoms with E-state index in [-0.39, 0.29) is 5.91 Å². The Kier molecular flexibility index (Phi) is 4.56. The molecule has 0 radical (unpaired) electrons. The van der Waals surface area contributed by atoms with E-state index in [1.165, 1.54) is 0 Å². The predicted molar refractivity (Wildman–Crippen MR) is 85.6 cm³/mol. The van der Waals surface area contributed by atoms with Gasteiger partial charge in [0.15, 0.2) is 0 Å². The van der Waals surface area contributed by atoms with E-state index >= 15 is 0 Å². The maximum absolute atomic E-state index is 11.9. The fourth-order valence-corrected chi connectivity index (χ4v) is 3.08. The van der Waals surface area contributed by atoms with Crippen molar-refractivity contribution in [3.63, 3.8) is 0 Å². The molecule has 0 fully saturated rings. The summed E-state index contributed by atoms with van der Waals surface area (Å²) in [5.74, 6) is -0.109. The summed E-state index contributed by atoms with van der Waals surface area (Å²) in [4.78, 5) is 12.9. The van der Waals surface area contributed by atoms with Gasteiger partial charge < -0.3 is 5.32 Å². The van der Waals surface area contributed by atoms with Gasteiger partial charge in [0, 0.05) is 16.6 Å². The number of halogens is 1. The molecule has 98 valence electrons. The van der Waals surface area contributed by atoms with E-state index < -0.39 is 0 Å². The van der Waals surface area contributed by atoms with Crippen LogP contribution in [0.15, 0.2) is 40.2 Å². The van der Waals surface area contributed by atoms with Crippen LogP contribution in [0.4, 0.5) is 5.69 Å². The van der Waals surface area contributed by atoms with Crippen molar-refractivity contribution >= 4 is 44.9 Å². The van der Waals surface area contributed by atoms with Gasteiger partial charge in [-0.1, -0.05) is 18.2 Å². The highest BCUT2D eigenvalue weighted by Gasteiger charge is 2.04. The van der Waals surface area contributed by atoms with Gasteiger partial charge in [-0.25, -0.2) is 0 Å². The zero-order valence-corrected chi connectivity index (χ0v) is 13.1. The lowest BCUT2D eigenvalue weighted by atomic mass is 10.1. The Hall–Kier alpha value is -1.39. The number of carbonyl (C=O) groups is 1. The van der Waals surface area contributed by atoms with Crippen molar-refractivity contribution in [3.8, 4) is 0 Å². The molecule has 0 aliphatic carbocycles. The number of carbonyl (C=O) groups excluding carboxylic acids is 1. The van der Waals surface area contributed by atoms with Crippen LogP contribution in [0.3, 0.4) is 0 Å². The molecule has 2 rings (SSSR count). The molecular weight excluding hydrogens is 322 g/mol. The second kappa shape index (κ2) is 6.17. The molecule has 0 aliphatic rings. The number of anilines is 1. The summed E-state index contributed by atoms with van der Waals surface area (Å²) in [7, 11) is 0. The van der Waals surface area contributed by atoms with E-state index in [1.807, 2.05) is 50.3 Å². The molecule has 0 saturated carbocycles. The summed E-state index contributed by atoms with van der Waals surface area (Å²) in [6.45, 7) is 3.98. The Balaban J connectivity index is 2.07. The van der Waals surface area contributed by atoms with Crippen LogP contribution in [-0.4, -0.2) is 5.91 Å².